The Hall–Kier alpha value is -2.43. The van der Waals surface area contributed by atoms with Gasteiger partial charge in [0, 0.05) is 18.5 Å². The standard InChI is InChI=1S/C15H16N4O/c1-9(2)16-15-7-5-12(18-19-15)11-4-6-14-13(8-11)17-10(3)20-14/h4-9H,1-3H3,(H,16,19). The zero-order valence-electron chi connectivity index (χ0n) is 11.7. The highest BCUT2D eigenvalue weighted by molar-refractivity contribution is 5.79. The van der Waals surface area contributed by atoms with E-state index in [1.165, 1.54) is 0 Å². The summed E-state index contributed by atoms with van der Waals surface area (Å²) in [6, 6.07) is 10.1. The number of fused-ring (bicyclic) bond motifs is 1. The largest absolute Gasteiger partial charge is 0.441 e. The Morgan fingerprint density at radius 3 is 2.65 bits per heavy atom. The molecule has 0 radical (unpaired) electrons. The van der Waals surface area contributed by atoms with Crippen molar-refractivity contribution < 1.29 is 4.42 Å². The molecule has 0 aliphatic rings. The first-order valence-electron chi connectivity index (χ1n) is 6.59. The molecule has 3 aromatic rings. The fraction of sp³-hybridized carbons (Fsp3) is 0.267. The number of nitrogens with one attached hydrogen (secondary N) is 1. The second kappa shape index (κ2) is 4.92. The molecule has 1 aromatic carbocycles. The number of benzene rings is 1. The summed E-state index contributed by atoms with van der Waals surface area (Å²) in [5.41, 5.74) is 3.43. The van der Waals surface area contributed by atoms with Gasteiger partial charge in [-0.05, 0) is 44.2 Å². The lowest BCUT2D eigenvalue weighted by molar-refractivity contribution is 0.561. The van der Waals surface area contributed by atoms with E-state index in [0.29, 0.717) is 11.9 Å². The molecule has 0 bridgehead atoms. The third-order valence-electron chi connectivity index (χ3n) is 2.89. The highest BCUT2D eigenvalue weighted by atomic mass is 16.3. The molecule has 1 N–H and O–H groups in total. The Morgan fingerprint density at radius 1 is 1.10 bits per heavy atom. The summed E-state index contributed by atoms with van der Waals surface area (Å²) >= 11 is 0. The normalized spacial score (nSPS) is 11.2. The smallest absolute Gasteiger partial charge is 0.192 e. The molecule has 0 saturated carbocycles. The molecule has 2 aromatic heterocycles. The van der Waals surface area contributed by atoms with Crippen LogP contribution in [-0.2, 0) is 0 Å². The maximum Gasteiger partial charge on any atom is 0.192 e. The molecule has 5 heteroatoms. The molecule has 0 aliphatic heterocycles. The van der Waals surface area contributed by atoms with E-state index in [0.717, 1.165) is 28.2 Å². The first-order chi connectivity index (χ1) is 9.61. The van der Waals surface area contributed by atoms with Gasteiger partial charge in [0.2, 0.25) is 0 Å². The predicted octanol–water partition coefficient (Wildman–Crippen LogP) is 3.41. The lowest BCUT2D eigenvalue weighted by Gasteiger charge is -2.08. The third kappa shape index (κ3) is 2.47. The fourth-order valence-corrected chi connectivity index (χ4v) is 2.06. The van der Waals surface area contributed by atoms with Crippen LogP contribution in [0.2, 0.25) is 0 Å². The number of aryl methyl sites for hydroxylation is 1. The average molecular weight is 268 g/mol. The molecular formula is C15H16N4O. The van der Waals surface area contributed by atoms with Gasteiger partial charge < -0.3 is 9.73 Å². The van der Waals surface area contributed by atoms with Crippen LogP contribution in [-0.4, -0.2) is 21.2 Å². The summed E-state index contributed by atoms with van der Waals surface area (Å²) in [6.07, 6.45) is 0. The van der Waals surface area contributed by atoms with E-state index in [2.05, 4.69) is 34.3 Å². The molecular weight excluding hydrogens is 252 g/mol. The number of aromatic nitrogens is 3. The second-order valence-corrected chi connectivity index (χ2v) is 5.02. The van der Waals surface area contributed by atoms with Crippen molar-refractivity contribution in [1.29, 1.82) is 0 Å². The van der Waals surface area contributed by atoms with Crippen LogP contribution in [0.4, 0.5) is 5.82 Å². The highest BCUT2D eigenvalue weighted by Crippen LogP contribution is 2.23. The predicted molar refractivity (Wildman–Crippen MR) is 78.5 cm³/mol. The average Bonchev–Trinajstić information content (AvgIpc) is 2.78. The van der Waals surface area contributed by atoms with Crippen molar-refractivity contribution in [2.45, 2.75) is 26.8 Å². The summed E-state index contributed by atoms with van der Waals surface area (Å²) < 4.78 is 5.46. The van der Waals surface area contributed by atoms with Gasteiger partial charge in [-0.2, -0.15) is 0 Å². The van der Waals surface area contributed by atoms with Gasteiger partial charge in [0.05, 0.1) is 5.69 Å². The molecule has 3 rings (SSSR count). The second-order valence-electron chi connectivity index (χ2n) is 5.02. The monoisotopic (exact) mass is 268 g/mol. The van der Waals surface area contributed by atoms with Crippen LogP contribution < -0.4 is 5.32 Å². The van der Waals surface area contributed by atoms with Gasteiger partial charge in [0.1, 0.15) is 11.3 Å². The van der Waals surface area contributed by atoms with Crippen LogP contribution in [0.15, 0.2) is 34.7 Å². The topological polar surface area (TPSA) is 63.8 Å². The maximum absolute atomic E-state index is 5.46. The van der Waals surface area contributed by atoms with Gasteiger partial charge in [-0.25, -0.2) is 4.98 Å². The Kier molecular flexibility index (Phi) is 3.10. The maximum atomic E-state index is 5.46. The first-order valence-corrected chi connectivity index (χ1v) is 6.59. The van der Waals surface area contributed by atoms with E-state index in [4.69, 9.17) is 4.42 Å². The van der Waals surface area contributed by atoms with Crippen molar-refractivity contribution in [3.63, 3.8) is 0 Å². The number of hydrogen-bond donors (Lipinski definition) is 1. The van der Waals surface area contributed by atoms with Gasteiger partial charge in [-0.3, -0.25) is 0 Å². The Labute approximate surface area is 117 Å². The van der Waals surface area contributed by atoms with Gasteiger partial charge in [0.15, 0.2) is 11.5 Å². The zero-order valence-corrected chi connectivity index (χ0v) is 11.7. The Balaban J connectivity index is 1.93. The van der Waals surface area contributed by atoms with E-state index in [9.17, 15) is 0 Å². The van der Waals surface area contributed by atoms with Crippen LogP contribution in [0.25, 0.3) is 22.4 Å². The number of nitrogens with zero attached hydrogens (tertiary/aromatic N) is 3. The minimum absolute atomic E-state index is 0.338. The van der Waals surface area contributed by atoms with E-state index in [-0.39, 0.29) is 0 Å². The number of hydrogen-bond acceptors (Lipinski definition) is 5. The van der Waals surface area contributed by atoms with Crippen molar-refractivity contribution in [3.05, 3.63) is 36.2 Å². The molecule has 0 amide bonds. The van der Waals surface area contributed by atoms with Gasteiger partial charge in [0.25, 0.3) is 0 Å². The molecule has 0 fully saturated rings. The summed E-state index contributed by atoms with van der Waals surface area (Å²) in [5.74, 6) is 1.45. The van der Waals surface area contributed by atoms with Crippen molar-refractivity contribution >= 4 is 16.9 Å². The van der Waals surface area contributed by atoms with Crippen molar-refractivity contribution in [1.82, 2.24) is 15.2 Å². The molecule has 0 spiro atoms. The summed E-state index contributed by atoms with van der Waals surface area (Å²) in [5, 5.41) is 11.6. The lowest BCUT2D eigenvalue weighted by Crippen LogP contribution is -2.11. The highest BCUT2D eigenvalue weighted by Gasteiger charge is 2.06. The quantitative estimate of drug-likeness (QED) is 0.788. The van der Waals surface area contributed by atoms with Gasteiger partial charge >= 0.3 is 0 Å². The molecule has 2 heterocycles. The SMILES string of the molecule is Cc1nc2cc(-c3ccc(NC(C)C)nn3)ccc2o1. The van der Waals surface area contributed by atoms with Crippen molar-refractivity contribution in [2.24, 2.45) is 0 Å². The summed E-state index contributed by atoms with van der Waals surface area (Å²) in [4.78, 5) is 4.33. The molecule has 0 aliphatic carbocycles. The molecule has 5 nitrogen and oxygen atoms in total. The summed E-state index contributed by atoms with van der Waals surface area (Å²) in [6.45, 7) is 5.97. The van der Waals surface area contributed by atoms with Gasteiger partial charge in [-0.15, -0.1) is 10.2 Å². The molecule has 0 unspecified atom stereocenters. The minimum atomic E-state index is 0.338. The van der Waals surface area contributed by atoms with E-state index >= 15 is 0 Å². The number of oxazole rings is 1. The molecule has 102 valence electrons. The molecule has 20 heavy (non-hydrogen) atoms. The fourth-order valence-electron chi connectivity index (χ4n) is 2.06. The van der Waals surface area contributed by atoms with E-state index in [1.807, 2.05) is 37.3 Å². The molecule has 0 saturated heterocycles. The number of rotatable bonds is 3. The van der Waals surface area contributed by atoms with Crippen molar-refractivity contribution in [3.8, 4) is 11.3 Å². The number of anilines is 1. The van der Waals surface area contributed by atoms with Crippen LogP contribution in [0.5, 0.6) is 0 Å². The van der Waals surface area contributed by atoms with Crippen LogP contribution >= 0.6 is 0 Å². The lowest BCUT2D eigenvalue weighted by atomic mass is 10.1. The minimum Gasteiger partial charge on any atom is -0.441 e. The molecule has 0 atom stereocenters. The van der Waals surface area contributed by atoms with Gasteiger partial charge in [-0.1, -0.05) is 0 Å². The summed E-state index contributed by atoms with van der Waals surface area (Å²) in [7, 11) is 0. The van der Waals surface area contributed by atoms with Crippen LogP contribution in [0.1, 0.15) is 19.7 Å². The van der Waals surface area contributed by atoms with Crippen LogP contribution in [0.3, 0.4) is 0 Å². The Morgan fingerprint density at radius 2 is 1.95 bits per heavy atom. The van der Waals surface area contributed by atoms with E-state index in [1.54, 1.807) is 0 Å². The Bertz CT molecular complexity index is 731. The third-order valence-corrected chi connectivity index (χ3v) is 2.89. The first kappa shape index (κ1) is 12.6. The van der Waals surface area contributed by atoms with Crippen molar-refractivity contribution in [2.75, 3.05) is 5.32 Å². The van der Waals surface area contributed by atoms with Crippen LogP contribution in [0, 0.1) is 6.92 Å². The zero-order chi connectivity index (χ0) is 14.1. The van der Waals surface area contributed by atoms with E-state index < -0.39 is 0 Å².